The quantitative estimate of drug-likeness (QED) is 0.612. The zero-order valence-electron chi connectivity index (χ0n) is 13.9. The molecule has 0 aliphatic carbocycles. The number of carbonyl (C=O) groups excluding carboxylic acids is 1. The van der Waals surface area contributed by atoms with Crippen molar-refractivity contribution in [2.75, 3.05) is 6.61 Å². The standard InChI is InChI=1S/C19H15F2NO4/c1-2-24-17-6-4-3-5-15(17)19(23)25-11-13-10-18(26-22-13)14-8-7-12(20)9-16(14)21/h3-10H,2,11H2,1H3. The van der Waals surface area contributed by atoms with Crippen LogP contribution in [0.5, 0.6) is 5.75 Å². The number of rotatable bonds is 6. The van der Waals surface area contributed by atoms with E-state index in [1.54, 1.807) is 24.3 Å². The van der Waals surface area contributed by atoms with Crippen LogP contribution in [0.4, 0.5) is 8.78 Å². The van der Waals surface area contributed by atoms with Gasteiger partial charge in [0.25, 0.3) is 0 Å². The number of hydrogen-bond donors (Lipinski definition) is 0. The zero-order chi connectivity index (χ0) is 18.5. The van der Waals surface area contributed by atoms with Gasteiger partial charge in [-0.2, -0.15) is 0 Å². The highest BCUT2D eigenvalue weighted by atomic mass is 19.1. The summed E-state index contributed by atoms with van der Waals surface area (Å²) in [4.78, 5) is 12.2. The van der Waals surface area contributed by atoms with Gasteiger partial charge in [0.1, 0.15) is 35.2 Å². The van der Waals surface area contributed by atoms with Crippen LogP contribution >= 0.6 is 0 Å². The van der Waals surface area contributed by atoms with Gasteiger partial charge >= 0.3 is 5.97 Å². The Balaban J connectivity index is 1.69. The molecule has 0 amide bonds. The molecular formula is C19H15F2NO4. The van der Waals surface area contributed by atoms with Crippen LogP contribution in [-0.4, -0.2) is 17.7 Å². The summed E-state index contributed by atoms with van der Waals surface area (Å²) in [7, 11) is 0. The van der Waals surface area contributed by atoms with Crippen LogP contribution in [0.15, 0.2) is 53.1 Å². The second-order valence-electron chi connectivity index (χ2n) is 5.31. The highest BCUT2D eigenvalue weighted by Gasteiger charge is 2.16. The van der Waals surface area contributed by atoms with Gasteiger partial charge in [-0.1, -0.05) is 17.3 Å². The molecule has 3 aromatic rings. The SMILES string of the molecule is CCOc1ccccc1C(=O)OCc1cc(-c2ccc(F)cc2F)on1. The average Bonchev–Trinajstić information content (AvgIpc) is 3.09. The Morgan fingerprint density at radius 3 is 2.73 bits per heavy atom. The topological polar surface area (TPSA) is 61.6 Å². The first kappa shape index (κ1) is 17.6. The first-order valence-corrected chi connectivity index (χ1v) is 7.88. The monoisotopic (exact) mass is 359 g/mol. The average molecular weight is 359 g/mol. The Hall–Kier alpha value is -3.22. The molecule has 3 rings (SSSR count). The largest absolute Gasteiger partial charge is 0.493 e. The molecule has 0 saturated heterocycles. The molecule has 26 heavy (non-hydrogen) atoms. The van der Waals surface area contributed by atoms with E-state index in [1.165, 1.54) is 12.1 Å². The smallest absolute Gasteiger partial charge is 0.342 e. The van der Waals surface area contributed by atoms with Gasteiger partial charge in [-0.3, -0.25) is 0 Å². The summed E-state index contributed by atoms with van der Waals surface area (Å²) in [5.41, 5.74) is 0.659. The van der Waals surface area contributed by atoms with Crippen LogP contribution in [0.1, 0.15) is 23.0 Å². The molecule has 1 aromatic heterocycles. The lowest BCUT2D eigenvalue weighted by Gasteiger charge is -2.08. The Labute approximate surface area is 148 Å². The number of halogens is 2. The van der Waals surface area contributed by atoms with Gasteiger partial charge in [0.05, 0.1) is 12.2 Å². The molecule has 0 bridgehead atoms. The number of para-hydroxylation sites is 1. The number of hydrogen-bond acceptors (Lipinski definition) is 5. The fraction of sp³-hybridized carbons (Fsp3) is 0.158. The predicted octanol–water partition coefficient (Wildman–Crippen LogP) is 4.38. The number of benzene rings is 2. The maximum absolute atomic E-state index is 13.8. The summed E-state index contributed by atoms with van der Waals surface area (Å²) in [5, 5.41) is 3.74. The third-order valence-electron chi connectivity index (χ3n) is 3.51. The van der Waals surface area contributed by atoms with E-state index in [1.807, 2.05) is 6.92 Å². The van der Waals surface area contributed by atoms with Gasteiger partial charge in [0, 0.05) is 12.1 Å². The molecule has 1 heterocycles. The molecule has 0 spiro atoms. The number of carbonyl (C=O) groups is 1. The van der Waals surface area contributed by atoms with Crippen molar-refractivity contribution in [3.63, 3.8) is 0 Å². The van der Waals surface area contributed by atoms with Crippen LogP contribution < -0.4 is 4.74 Å². The normalized spacial score (nSPS) is 10.6. The van der Waals surface area contributed by atoms with E-state index >= 15 is 0 Å². The van der Waals surface area contributed by atoms with E-state index < -0.39 is 17.6 Å². The van der Waals surface area contributed by atoms with Crippen LogP contribution in [0.3, 0.4) is 0 Å². The van der Waals surface area contributed by atoms with Gasteiger partial charge in [0.15, 0.2) is 5.76 Å². The van der Waals surface area contributed by atoms with Gasteiger partial charge in [-0.05, 0) is 31.2 Å². The minimum absolute atomic E-state index is 0.0677. The van der Waals surface area contributed by atoms with Crippen molar-refractivity contribution in [3.05, 3.63) is 71.4 Å². The van der Waals surface area contributed by atoms with Gasteiger partial charge in [-0.25, -0.2) is 13.6 Å². The Kier molecular flexibility index (Phi) is 5.26. The van der Waals surface area contributed by atoms with Crippen molar-refractivity contribution >= 4 is 5.97 Å². The first-order valence-electron chi connectivity index (χ1n) is 7.88. The maximum atomic E-state index is 13.8. The summed E-state index contributed by atoms with van der Waals surface area (Å²) >= 11 is 0. The fourth-order valence-corrected chi connectivity index (χ4v) is 2.33. The summed E-state index contributed by atoms with van der Waals surface area (Å²) in [6.45, 7) is 2.07. The van der Waals surface area contributed by atoms with Crippen LogP contribution in [0.25, 0.3) is 11.3 Å². The molecular weight excluding hydrogens is 344 g/mol. The highest BCUT2D eigenvalue weighted by molar-refractivity contribution is 5.92. The maximum Gasteiger partial charge on any atom is 0.342 e. The highest BCUT2D eigenvalue weighted by Crippen LogP contribution is 2.25. The molecule has 0 N–H and O–H groups in total. The lowest BCUT2D eigenvalue weighted by Crippen LogP contribution is -2.08. The Morgan fingerprint density at radius 1 is 1.15 bits per heavy atom. The lowest BCUT2D eigenvalue weighted by molar-refractivity contribution is 0.0460. The first-order chi connectivity index (χ1) is 12.6. The van der Waals surface area contributed by atoms with E-state index in [9.17, 15) is 13.6 Å². The van der Waals surface area contributed by atoms with Crippen LogP contribution in [-0.2, 0) is 11.3 Å². The number of esters is 1. The fourth-order valence-electron chi connectivity index (χ4n) is 2.33. The third-order valence-corrected chi connectivity index (χ3v) is 3.51. The van der Waals surface area contributed by atoms with E-state index in [4.69, 9.17) is 14.0 Å². The molecule has 0 atom stereocenters. The second-order valence-corrected chi connectivity index (χ2v) is 5.31. The van der Waals surface area contributed by atoms with Crippen molar-refractivity contribution in [2.45, 2.75) is 13.5 Å². The van der Waals surface area contributed by atoms with E-state index in [-0.39, 0.29) is 17.9 Å². The number of ether oxygens (including phenoxy) is 2. The van der Waals surface area contributed by atoms with Crippen molar-refractivity contribution < 1.29 is 27.6 Å². The molecule has 5 nitrogen and oxygen atoms in total. The van der Waals surface area contributed by atoms with Crippen molar-refractivity contribution in [3.8, 4) is 17.1 Å². The van der Waals surface area contributed by atoms with Crippen LogP contribution in [0.2, 0.25) is 0 Å². The molecule has 0 aliphatic rings. The molecule has 0 fully saturated rings. The van der Waals surface area contributed by atoms with Gasteiger partial charge < -0.3 is 14.0 Å². The molecule has 7 heteroatoms. The van der Waals surface area contributed by atoms with Crippen molar-refractivity contribution in [2.24, 2.45) is 0 Å². The van der Waals surface area contributed by atoms with Gasteiger partial charge in [-0.15, -0.1) is 0 Å². The summed E-state index contributed by atoms with van der Waals surface area (Å²) < 4.78 is 42.4. The van der Waals surface area contributed by atoms with Gasteiger partial charge in [0.2, 0.25) is 0 Å². The summed E-state index contributed by atoms with van der Waals surface area (Å²) in [6.07, 6.45) is 0. The van der Waals surface area contributed by atoms with Crippen molar-refractivity contribution in [1.29, 1.82) is 0 Å². The molecule has 134 valence electrons. The minimum Gasteiger partial charge on any atom is -0.493 e. The Bertz CT molecular complexity index is 923. The van der Waals surface area contributed by atoms with E-state index in [0.29, 0.717) is 23.6 Å². The summed E-state index contributed by atoms with van der Waals surface area (Å²) in [5.74, 6) is -1.49. The van der Waals surface area contributed by atoms with E-state index in [2.05, 4.69) is 5.16 Å². The molecule has 0 aliphatic heterocycles. The molecule has 2 aromatic carbocycles. The number of aromatic nitrogens is 1. The zero-order valence-corrected chi connectivity index (χ0v) is 13.9. The molecule has 0 unspecified atom stereocenters. The van der Waals surface area contributed by atoms with Crippen LogP contribution in [0, 0.1) is 11.6 Å². The van der Waals surface area contributed by atoms with Crippen molar-refractivity contribution in [1.82, 2.24) is 5.16 Å². The predicted molar refractivity (Wildman–Crippen MR) is 88.6 cm³/mol. The minimum atomic E-state index is -0.768. The Morgan fingerprint density at radius 2 is 1.96 bits per heavy atom. The molecule has 0 radical (unpaired) electrons. The van der Waals surface area contributed by atoms with E-state index in [0.717, 1.165) is 12.1 Å². The summed E-state index contributed by atoms with van der Waals surface area (Å²) in [6, 6.07) is 11.3. The number of nitrogens with zero attached hydrogens (tertiary/aromatic N) is 1. The third kappa shape index (κ3) is 3.88. The molecule has 0 saturated carbocycles. The lowest BCUT2D eigenvalue weighted by atomic mass is 10.1. The second kappa shape index (κ2) is 7.77.